The molecule has 0 aliphatic heterocycles. The van der Waals surface area contributed by atoms with Crippen molar-refractivity contribution in [2.24, 2.45) is 0 Å². The van der Waals surface area contributed by atoms with E-state index in [1.54, 1.807) is 0 Å². The van der Waals surface area contributed by atoms with Gasteiger partial charge in [-0.1, -0.05) is 0 Å². The Hall–Kier alpha value is -2.34. The van der Waals surface area contributed by atoms with Crippen LogP contribution >= 0.6 is 11.6 Å². The van der Waals surface area contributed by atoms with Gasteiger partial charge in [-0.2, -0.15) is 4.98 Å². The van der Waals surface area contributed by atoms with E-state index in [4.69, 9.17) is 11.6 Å². The second kappa shape index (κ2) is 4.64. The topological polar surface area (TPSA) is 47.8 Å². The van der Waals surface area contributed by atoms with Gasteiger partial charge in [0, 0.05) is 23.7 Å². The second-order valence-corrected chi connectivity index (χ2v) is 4.36. The van der Waals surface area contributed by atoms with Crippen molar-refractivity contribution in [1.29, 1.82) is 0 Å². The minimum atomic E-state index is -0.866. The number of benzene rings is 1. The van der Waals surface area contributed by atoms with Gasteiger partial charge in [-0.15, -0.1) is 0 Å². The molecule has 1 aromatic carbocycles. The van der Waals surface area contributed by atoms with Crippen LogP contribution in [-0.2, 0) is 0 Å². The van der Waals surface area contributed by atoms with Crippen LogP contribution in [0.2, 0.25) is 5.28 Å². The molecule has 0 atom stereocenters. The summed E-state index contributed by atoms with van der Waals surface area (Å²) in [6.45, 7) is 0. The fourth-order valence-electron chi connectivity index (χ4n) is 1.89. The van der Waals surface area contributed by atoms with Crippen LogP contribution in [0.5, 0.6) is 0 Å². The standard InChI is InChI=1S/C13H6ClF2N3O/c14-13-17-6-7-1-4-11(20)19(12(7)18-13)10-3-2-8(15)5-9(10)16/h1-6H. The number of hydrogen-bond acceptors (Lipinski definition) is 3. The Morgan fingerprint density at radius 1 is 1.15 bits per heavy atom. The highest BCUT2D eigenvalue weighted by molar-refractivity contribution is 6.28. The molecule has 3 aromatic rings. The van der Waals surface area contributed by atoms with Crippen molar-refractivity contribution in [2.45, 2.75) is 0 Å². The Morgan fingerprint density at radius 2 is 1.95 bits per heavy atom. The van der Waals surface area contributed by atoms with Gasteiger partial charge in [-0.3, -0.25) is 9.36 Å². The van der Waals surface area contributed by atoms with Crippen molar-refractivity contribution in [3.05, 3.63) is 63.8 Å². The van der Waals surface area contributed by atoms with Gasteiger partial charge in [0.05, 0.1) is 5.69 Å². The minimum Gasteiger partial charge on any atom is -0.269 e. The van der Waals surface area contributed by atoms with Crippen molar-refractivity contribution in [2.75, 3.05) is 0 Å². The number of hydrogen-bond donors (Lipinski definition) is 0. The zero-order chi connectivity index (χ0) is 14.3. The summed E-state index contributed by atoms with van der Waals surface area (Å²) in [5.74, 6) is -1.60. The van der Waals surface area contributed by atoms with Crippen LogP contribution < -0.4 is 5.56 Å². The molecule has 4 nitrogen and oxygen atoms in total. The molecule has 0 bridgehead atoms. The van der Waals surface area contributed by atoms with Gasteiger partial charge in [0.1, 0.15) is 11.6 Å². The molecule has 0 fully saturated rings. The number of aromatic nitrogens is 3. The van der Waals surface area contributed by atoms with Crippen LogP contribution in [-0.4, -0.2) is 14.5 Å². The van der Waals surface area contributed by atoms with Crippen LogP contribution in [0.25, 0.3) is 16.7 Å². The van der Waals surface area contributed by atoms with Crippen LogP contribution in [0.3, 0.4) is 0 Å². The summed E-state index contributed by atoms with van der Waals surface area (Å²) in [6, 6.07) is 5.69. The van der Waals surface area contributed by atoms with Gasteiger partial charge in [0.15, 0.2) is 5.65 Å². The van der Waals surface area contributed by atoms with Gasteiger partial charge in [-0.05, 0) is 29.8 Å². The summed E-state index contributed by atoms with van der Waals surface area (Å²) < 4.78 is 27.9. The molecule has 2 heterocycles. The maximum absolute atomic E-state index is 13.9. The summed E-state index contributed by atoms with van der Waals surface area (Å²) in [5.41, 5.74) is -0.447. The lowest BCUT2D eigenvalue weighted by Crippen LogP contribution is -2.19. The number of halogens is 3. The van der Waals surface area contributed by atoms with E-state index in [1.807, 2.05) is 0 Å². The number of rotatable bonds is 1. The molecule has 7 heteroatoms. The monoisotopic (exact) mass is 293 g/mol. The highest BCUT2D eigenvalue weighted by atomic mass is 35.5. The Bertz CT molecular complexity index is 879. The lowest BCUT2D eigenvalue weighted by Gasteiger charge is -2.10. The first kappa shape index (κ1) is 12.7. The van der Waals surface area contributed by atoms with E-state index >= 15 is 0 Å². The Labute approximate surface area is 116 Å². The van der Waals surface area contributed by atoms with Crippen molar-refractivity contribution in [1.82, 2.24) is 14.5 Å². The van der Waals surface area contributed by atoms with Crippen molar-refractivity contribution in [3.63, 3.8) is 0 Å². The van der Waals surface area contributed by atoms with E-state index in [1.165, 1.54) is 24.4 Å². The molecular weight excluding hydrogens is 288 g/mol. The van der Waals surface area contributed by atoms with E-state index in [0.29, 0.717) is 11.5 Å². The molecule has 0 unspecified atom stereocenters. The molecule has 2 aromatic heterocycles. The Kier molecular flexibility index (Phi) is 2.94. The van der Waals surface area contributed by atoms with Crippen molar-refractivity contribution >= 4 is 22.6 Å². The van der Waals surface area contributed by atoms with Gasteiger partial charge < -0.3 is 0 Å². The zero-order valence-corrected chi connectivity index (χ0v) is 10.6. The molecule has 0 saturated heterocycles. The quantitative estimate of drug-likeness (QED) is 0.648. The fourth-order valence-corrected chi connectivity index (χ4v) is 2.02. The molecule has 0 radical (unpaired) electrons. The minimum absolute atomic E-state index is 0.0700. The Morgan fingerprint density at radius 3 is 2.70 bits per heavy atom. The van der Waals surface area contributed by atoms with Gasteiger partial charge in [0.2, 0.25) is 5.28 Å². The van der Waals surface area contributed by atoms with E-state index < -0.39 is 17.2 Å². The normalized spacial score (nSPS) is 10.9. The highest BCUT2D eigenvalue weighted by Gasteiger charge is 2.12. The zero-order valence-electron chi connectivity index (χ0n) is 9.85. The second-order valence-electron chi connectivity index (χ2n) is 4.02. The van der Waals surface area contributed by atoms with E-state index in [9.17, 15) is 13.6 Å². The third-order valence-corrected chi connectivity index (χ3v) is 2.94. The van der Waals surface area contributed by atoms with E-state index in [0.717, 1.165) is 10.6 Å². The molecule has 0 spiro atoms. The number of pyridine rings is 1. The van der Waals surface area contributed by atoms with E-state index in [2.05, 4.69) is 9.97 Å². The summed E-state index contributed by atoms with van der Waals surface area (Å²) in [4.78, 5) is 19.7. The lowest BCUT2D eigenvalue weighted by molar-refractivity contribution is 0.577. The maximum atomic E-state index is 13.9. The largest absolute Gasteiger partial charge is 0.269 e. The first-order valence-electron chi connectivity index (χ1n) is 5.56. The molecule has 20 heavy (non-hydrogen) atoms. The average Bonchev–Trinajstić information content (AvgIpc) is 2.40. The molecule has 0 N–H and O–H groups in total. The third-order valence-electron chi connectivity index (χ3n) is 2.75. The molecule has 100 valence electrons. The molecular formula is C13H6ClF2N3O. The number of nitrogens with zero attached hydrogens (tertiary/aromatic N) is 3. The van der Waals surface area contributed by atoms with Crippen LogP contribution in [0.1, 0.15) is 0 Å². The molecule has 0 aliphatic rings. The summed E-state index contributed by atoms with van der Waals surface area (Å²) in [5, 5.41) is 0.442. The molecule has 0 saturated carbocycles. The van der Waals surface area contributed by atoms with Crippen molar-refractivity contribution in [3.8, 4) is 5.69 Å². The van der Waals surface area contributed by atoms with Gasteiger partial charge in [-0.25, -0.2) is 13.8 Å². The number of fused-ring (bicyclic) bond motifs is 1. The van der Waals surface area contributed by atoms with Gasteiger partial charge >= 0.3 is 0 Å². The van der Waals surface area contributed by atoms with Crippen molar-refractivity contribution < 1.29 is 8.78 Å². The summed E-state index contributed by atoms with van der Waals surface area (Å²) in [6.07, 6.45) is 1.42. The third kappa shape index (κ3) is 2.04. The lowest BCUT2D eigenvalue weighted by atomic mass is 10.2. The highest BCUT2D eigenvalue weighted by Crippen LogP contribution is 2.18. The van der Waals surface area contributed by atoms with Gasteiger partial charge in [0.25, 0.3) is 5.56 Å². The Balaban J connectivity index is 2.43. The molecule has 0 aliphatic carbocycles. The van der Waals surface area contributed by atoms with E-state index in [-0.39, 0.29) is 16.6 Å². The SMILES string of the molecule is O=c1ccc2cnc(Cl)nc2n1-c1ccc(F)cc1F. The molecule has 3 rings (SSSR count). The predicted molar refractivity (Wildman–Crippen MR) is 70.1 cm³/mol. The summed E-state index contributed by atoms with van der Waals surface area (Å²) >= 11 is 5.70. The van der Waals surface area contributed by atoms with Crippen LogP contribution in [0, 0.1) is 11.6 Å². The van der Waals surface area contributed by atoms with Crippen LogP contribution in [0.4, 0.5) is 8.78 Å². The maximum Gasteiger partial charge on any atom is 0.256 e. The van der Waals surface area contributed by atoms with Crippen LogP contribution in [0.15, 0.2) is 41.3 Å². The fraction of sp³-hybridized carbons (Fsp3) is 0. The average molecular weight is 294 g/mol. The first-order valence-corrected chi connectivity index (χ1v) is 5.94. The molecule has 0 amide bonds. The first-order chi connectivity index (χ1) is 9.56. The predicted octanol–water partition coefficient (Wildman–Crippen LogP) is 2.71. The smallest absolute Gasteiger partial charge is 0.256 e. The summed E-state index contributed by atoms with van der Waals surface area (Å²) in [7, 11) is 0.